The summed E-state index contributed by atoms with van der Waals surface area (Å²) < 4.78 is 5.29. The number of hydrogen-bond acceptors (Lipinski definition) is 5. The Morgan fingerprint density at radius 3 is 2.00 bits per heavy atom. The lowest BCUT2D eigenvalue weighted by atomic mass is 9.85. The van der Waals surface area contributed by atoms with Gasteiger partial charge in [0.05, 0.1) is 31.7 Å². The monoisotopic (exact) mass is 362 g/mol. The molecule has 8 heteroatoms. The molecular weight excluding hydrogens is 336 g/mol. The zero-order valence-electron chi connectivity index (χ0n) is 15.0. The molecule has 0 aromatic rings. The van der Waals surface area contributed by atoms with Gasteiger partial charge in [0.2, 0.25) is 11.8 Å². The van der Waals surface area contributed by atoms with E-state index in [4.69, 9.17) is 4.74 Å². The summed E-state index contributed by atoms with van der Waals surface area (Å²) in [6.07, 6.45) is 5.36. The molecule has 3 saturated heterocycles. The fourth-order valence-electron chi connectivity index (χ4n) is 4.24. The maximum atomic E-state index is 12.6. The van der Waals surface area contributed by atoms with Crippen LogP contribution in [-0.4, -0.2) is 96.6 Å². The highest BCUT2D eigenvalue weighted by molar-refractivity contribution is 6.05. The Hall–Kier alpha value is -1.93. The molecule has 0 radical (unpaired) electrons. The van der Waals surface area contributed by atoms with Crippen LogP contribution < -0.4 is 0 Å². The van der Waals surface area contributed by atoms with Gasteiger partial charge in [-0.25, -0.2) is 4.79 Å². The maximum Gasteiger partial charge on any atom is 0.320 e. The third-order valence-corrected chi connectivity index (χ3v) is 5.86. The minimum atomic E-state index is -0.170. The second-order valence-electron chi connectivity index (χ2n) is 7.39. The second-order valence-corrected chi connectivity index (χ2v) is 7.39. The third kappa shape index (κ3) is 3.23. The number of imide groups is 1. The molecule has 2 atom stereocenters. The van der Waals surface area contributed by atoms with Crippen molar-refractivity contribution in [2.75, 3.05) is 59.2 Å². The fraction of sp³-hybridized carbons (Fsp3) is 0.722. The molecule has 0 N–H and O–H groups in total. The number of ether oxygens (including phenoxy) is 1. The molecule has 26 heavy (non-hydrogen) atoms. The van der Waals surface area contributed by atoms with Crippen LogP contribution in [0.3, 0.4) is 0 Å². The summed E-state index contributed by atoms with van der Waals surface area (Å²) in [5, 5.41) is 0. The first-order valence-corrected chi connectivity index (χ1v) is 9.49. The van der Waals surface area contributed by atoms with E-state index in [0.717, 1.165) is 0 Å². The van der Waals surface area contributed by atoms with Crippen molar-refractivity contribution in [2.24, 2.45) is 11.8 Å². The lowest BCUT2D eigenvalue weighted by Crippen LogP contribution is -2.56. The Kier molecular flexibility index (Phi) is 4.95. The second kappa shape index (κ2) is 7.36. The van der Waals surface area contributed by atoms with E-state index >= 15 is 0 Å². The van der Waals surface area contributed by atoms with Gasteiger partial charge in [-0.1, -0.05) is 12.2 Å². The zero-order valence-corrected chi connectivity index (χ0v) is 15.0. The molecule has 0 aromatic heterocycles. The van der Waals surface area contributed by atoms with E-state index in [1.807, 2.05) is 22.0 Å². The topological polar surface area (TPSA) is 73.4 Å². The number of piperazine rings is 1. The first-order chi connectivity index (χ1) is 12.6. The minimum Gasteiger partial charge on any atom is -0.378 e. The van der Waals surface area contributed by atoms with Crippen LogP contribution in [-0.2, 0) is 14.3 Å². The molecule has 0 bridgehead atoms. The zero-order chi connectivity index (χ0) is 18.1. The first-order valence-electron chi connectivity index (χ1n) is 9.49. The average molecular weight is 362 g/mol. The van der Waals surface area contributed by atoms with Crippen LogP contribution in [0, 0.1) is 11.8 Å². The third-order valence-electron chi connectivity index (χ3n) is 5.86. The SMILES string of the molecule is O=C(N1CCOCC1)N1CCN(CN2C(=O)[C@H]3CC=CC[C@H]3C2=O)CC1. The van der Waals surface area contributed by atoms with Crippen LogP contribution in [0.5, 0.6) is 0 Å². The van der Waals surface area contributed by atoms with E-state index in [1.165, 1.54) is 4.90 Å². The highest BCUT2D eigenvalue weighted by Crippen LogP contribution is 2.35. The van der Waals surface area contributed by atoms with E-state index in [0.29, 0.717) is 72.0 Å². The molecule has 3 fully saturated rings. The smallest absolute Gasteiger partial charge is 0.320 e. The number of fused-ring (bicyclic) bond motifs is 1. The highest BCUT2D eigenvalue weighted by Gasteiger charge is 2.47. The molecule has 0 unspecified atom stereocenters. The number of rotatable bonds is 2. The number of urea groups is 1. The number of carbonyl (C=O) groups is 3. The van der Waals surface area contributed by atoms with Gasteiger partial charge >= 0.3 is 6.03 Å². The molecule has 142 valence electrons. The molecule has 0 aromatic carbocycles. The van der Waals surface area contributed by atoms with Crippen LogP contribution in [0.4, 0.5) is 4.79 Å². The normalized spacial score (nSPS) is 30.1. The number of carbonyl (C=O) groups excluding carboxylic acids is 3. The van der Waals surface area contributed by atoms with E-state index in [1.54, 1.807) is 0 Å². The van der Waals surface area contributed by atoms with E-state index in [2.05, 4.69) is 4.90 Å². The van der Waals surface area contributed by atoms with Crippen LogP contribution in [0.2, 0.25) is 0 Å². The Labute approximate surface area is 153 Å². The number of morpholine rings is 1. The van der Waals surface area contributed by atoms with Crippen molar-refractivity contribution >= 4 is 17.8 Å². The van der Waals surface area contributed by atoms with Gasteiger partial charge in [0.25, 0.3) is 0 Å². The van der Waals surface area contributed by atoms with Gasteiger partial charge in [0, 0.05) is 39.3 Å². The molecule has 4 amide bonds. The van der Waals surface area contributed by atoms with Gasteiger partial charge in [-0.2, -0.15) is 0 Å². The fourth-order valence-corrected chi connectivity index (χ4v) is 4.24. The Morgan fingerprint density at radius 2 is 1.42 bits per heavy atom. The molecule has 1 aliphatic carbocycles. The van der Waals surface area contributed by atoms with Crippen molar-refractivity contribution in [2.45, 2.75) is 12.8 Å². The molecule has 0 saturated carbocycles. The van der Waals surface area contributed by atoms with Crippen LogP contribution >= 0.6 is 0 Å². The number of allylic oxidation sites excluding steroid dienone is 2. The van der Waals surface area contributed by atoms with Crippen LogP contribution in [0.25, 0.3) is 0 Å². The lowest BCUT2D eigenvalue weighted by Gasteiger charge is -2.39. The van der Waals surface area contributed by atoms with Crippen LogP contribution in [0.1, 0.15) is 12.8 Å². The molecule has 4 rings (SSSR count). The molecule has 3 heterocycles. The summed E-state index contributed by atoms with van der Waals surface area (Å²) in [5.74, 6) is -0.402. The van der Waals surface area contributed by atoms with Crippen molar-refractivity contribution in [1.29, 1.82) is 0 Å². The number of hydrogen-bond donors (Lipinski definition) is 0. The molecule has 4 aliphatic rings. The minimum absolute atomic E-state index is 0.0313. The number of amides is 4. The Bertz CT molecular complexity index is 582. The average Bonchev–Trinajstić information content (AvgIpc) is 2.94. The molecule has 3 aliphatic heterocycles. The largest absolute Gasteiger partial charge is 0.378 e. The summed E-state index contributed by atoms with van der Waals surface area (Å²) in [4.78, 5) is 44.9. The van der Waals surface area contributed by atoms with Crippen molar-refractivity contribution in [3.05, 3.63) is 12.2 Å². The molecular formula is C18H26N4O4. The van der Waals surface area contributed by atoms with Gasteiger partial charge in [-0.05, 0) is 12.8 Å². The van der Waals surface area contributed by atoms with E-state index < -0.39 is 0 Å². The summed E-state index contributed by atoms with van der Waals surface area (Å²) in [7, 11) is 0. The summed E-state index contributed by atoms with van der Waals surface area (Å²) in [6, 6.07) is 0.0679. The standard InChI is InChI=1S/C18H26N4O4/c23-16-14-3-1-2-4-15(14)17(24)22(16)13-19-5-7-20(8-6-19)18(25)21-9-11-26-12-10-21/h1-2,14-15H,3-13H2/t14-,15+. The predicted molar refractivity (Wildman–Crippen MR) is 93.0 cm³/mol. The van der Waals surface area contributed by atoms with Gasteiger partial charge in [0.15, 0.2) is 0 Å². The van der Waals surface area contributed by atoms with Gasteiger partial charge in [-0.3, -0.25) is 19.4 Å². The quantitative estimate of drug-likeness (QED) is 0.509. The molecule has 0 spiro atoms. The summed E-state index contributed by atoms with van der Waals surface area (Å²) in [5.41, 5.74) is 0. The lowest BCUT2D eigenvalue weighted by molar-refractivity contribution is -0.142. The molecule has 8 nitrogen and oxygen atoms in total. The number of likely N-dealkylation sites (tertiary alicyclic amines) is 1. The van der Waals surface area contributed by atoms with Crippen molar-refractivity contribution in [3.8, 4) is 0 Å². The van der Waals surface area contributed by atoms with Crippen LogP contribution in [0.15, 0.2) is 12.2 Å². The van der Waals surface area contributed by atoms with E-state index in [9.17, 15) is 14.4 Å². The number of nitrogens with zero attached hydrogens (tertiary/aromatic N) is 4. The van der Waals surface area contributed by atoms with Crippen molar-refractivity contribution in [3.63, 3.8) is 0 Å². The van der Waals surface area contributed by atoms with Gasteiger partial charge < -0.3 is 14.5 Å². The first kappa shape index (κ1) is 17.5. The Morgan fingerprint density at radius 1 is 0.885 bits per heavy atom. The van der Waals surface area contributed by atoms with Gasteiger partial charge in [0.1, 0.15) is 0 Å². The Balaban J connectivity index is 1.29. The van der Waals surface area contributed by atoms with E-state index in [-0.39, 0.29) is 29.7 Å². The highest BCUT2D eigenvalue weighted by atomic mass is 16.5. The predicted octanol–water partition coefficient (Wildman–Crippen LogP) is -0.0351. The summed E-state index contributed by atoms with van der Waals surface area (Å²) >= 11 is 0. The van der Waals surface area contributed by atoms with Gasteiger partial charge in [-0.15, -0.1) is 0 Å². The summed E-state index contributed by atoms with van der Waals surface area (Å²) in [6.45, 7) is 5.46. The van der Waals surface area contributed by atoms with Crippen molar-refractivity contribution < 1.29 is 19.1 Å². The van der Waals surface area contributed by atoms with Crippen molar-refractivity contribution in [1.82, 2.24) is 19.6 Å². The maximum absolute atomic E-state index is 12.6.